The summed E-state index contributed by atoms with van der Waals surface area (Å²) in [6, 6.07) is 7.96. The largest absolute Gasteiger partial charge is 0.300 e. The van der Waals surface area contributed by atoms with Crippen LogP contribution < -0.4 is 0 Å². The number of halogens is 1. The highest BCUT2D eigenvalue weighted by Crippen LogP contribution is 2.27. The molecule has 0 aromatic heterocycles. The van der Waals surface area contributed by atoms with Crippen LogP contribution in [0, 0.1) is 5.92 Å². The number of nitrogens with zero attached hydrogens (tertiary/aromatic N) is 1. The van der Waals surface area contributed by atoms with Crippen molar-refractivity contribution in [3.63, 3.8) is 0 Å². The molecule has 1 aromatic rings. The monoisotopic (exact) mass is 279 g/mol. The first-order valence-corrected chi connectivity index (χ1v) is 7.47. The van der Waals surface area contributed by atoms with E-state index in [1.165, 1.54) is 12.8 Å². The molecule has 0 spiro atoms. The van der Waals surface area contributed by atoms with Crippen molar-refractivity contribution in [2.24, 2.45) is 5.92 Å². The molecule has 1 saturated carbocycles. The number of ketones is 1. The summed E-state index contributed by atoms with van der Waals surface area (Å²) in [5.74, 6) is 0.846. The van der Waals surface area contributed by atoms with Crippen LogP contribution in [0.25, 0.3) is 0 Å². The lowest BCUT2D eigenvalue weighted by molar-refractivity contribution is 0.0958. The summed E-state index contributed by atoms with van der Waals surface area (Å²) in [7, 11) is 0. The maximum atomic E-state index is 12.1. The maximum Gasteiger partial charge on any atom is 0.164 e. The van der Waals surface area contributed by atoms with Crippen molar-refractivity contribution in [1.29, 1.82) is 0 Å². The average molecular weight is 280 g/mol. The van der Waals surface area contributed by atoms with Gasteiger partial charge in [0, 0.05) is 36.1 Å². The van der Waals surface area contributed by atoms with Crippen molar-refractivity contribution >= 4 is 17.4 Å². The topological polar surface area (TPSA) is 20.3 Å². The van der Waals surface area contributed by atoms with Gasteiger partial charge in [-0.05, 0) is 30.9 Å². The molecule has 2 nitrogen and oxygen atoms in total. The molecule has 19 heavy (non-hydrogen) atoms. The van der Waals surface area contributed by atoms with Crippen LogP contribution in [0.1, 0.15) is 43.5 Å². The minimum Gasteiger partial charge on any atom is -0.300 e. The minimum atomic E-state index is 0.192. The molecule has 104 valence electrons. The number of benzene rings is 1. The van der Waals surface area contributed by atoms with E-state index >= 15 is 0 Å². The summed E-state index contributed by atoms with van der Waals surface area (Å²) >= 11 is 5.92. The zero-order valence-electron chi connectivity index (χ0n) is 11.7. The van der Waals surface area contributed by atoms with E-state index < -0.39 is 0 Å². The van der Waals surface area contributed by atoms with Crippen LogP contribution in [0.5, 0.6) is 0 Å². The Bertz CT molecular complexity index is 440. The summed E-state index contributed by atoms with van der Waals surface area (Å²) in [6.45, 7) is 6.42. The van der Waals surface area contributed by atoms with Gasteiger partial charge in [0.1, 0.15) is 0 Å². The van der Waals surface area contributed by atoms with Crippen LogP contribution in [0.15, 0.2) is 24.3 Å². The van der Waals surface area contributed by atoms with Gasteiger partial charge in [-0.25, -0.2) is 0 Å². The number of carbonyl (C=O) groups excluding carboxylic acids is 1. The third-order valence-corrected chi connectivity index (χ3v) is 3.67. The Labute approximate surface area is 120 Å². The van der Waals surface area contributed by atoms with Gasteiger partial charge < -0.3 is 0 Å². The Hall–Kier alpha value is -0.860. The van der Waals surface area contributed by atoms with Gasteiger partial charge in [-0.3, -0.25) is 9.69 Å². The van der Waals surface area contributed by atoms with E-state index in [-0.39, 0.29) is 5.78 Å². The van der Waals surface area contributed by atoms with Crippen molar-refractivity contribution in [2.75, 3.05) is 13.1 Å². The molecule has 0 aliphatic heterocycles. The zero-order valence-corrected chi connectivity index (χ0v) is 12.5. The summed E-state index contributed by atoms with van der Waals surface area (Å²) in [5, 5.41) is 0.632. The number of rotatable bonds is 7. The van der Waals surface area contributed by atoms with Crippen molar-refractivity contribution in [3.8, 4) is 0 Å². The Kier molecular flexibility index (Phi) is 5.00. The van der Waals surface area contributed by atoms with Crippen LogP contribution in [0.3, 0.4) is 0 Å². The summed E-state index contributed by atoms with van der Waals surface area (Å²) in [4.78, 5) is 14.6. The van der Waals surface area contributed by atoms with Crippen LogP contribution in [0.2, 0.25) is 5.02 Å². The average Bonchev–Trinajstić information content (AvgIpc) is 3.17. The first kappa shape index (κ1) is 14.5. The quantitative estimate of drug-likeness (QED) is 0.702. The highest BCUT2D eigenvalue weighted by atomic mass is 35.5. The molecular formula is C16H22ClNO. The fraction of sp³-hybridized carbons (Fsp3) is 0.562. The summed E-state index contributed by atoms with van der Waals surface area (Å²) in [5.41, 5.74) is 0.729. The van der Waals surface area contributed by atoms with E-state index in [2.05, 4.69) is 18.7 Å². The molecule has 1 fully saturated rings. The van der Waals surface area contributed by atoms with Gasteiger partial charge in [0.2, 0.25) is 0 Å². The summed E-state index contributed by atoms with van der Waals surface area (Å²) in [6.07, 6.45) is 3.17. The first-order valence-electron chi connectivity index (χ1n) is 7.09. The molecule has 0 unspecified atom stereocenters. The number of carbonyl (C=O) groups is 1. The van der Waals surface area contributed by atoms with Crippen LogP contribution in [-0.2, 0) is 0 Å². The predicted molar refractivity (Wildman–Crippen MR) is 79.8 cm³/mol. The van der Waals surface area contributed by atoms with E-state index in [4.69, 9.17) is 11.6 Å². The third-order valence-electron chi connectivity index (χ3n) is 3.44. The standard InChI is InChI=1S/C16H22ClNO/c1-12(2)11-18(15-6-7-15)9-8-16(19)13-4-3-5-14(17)10-13/h3-5,10,12,15H,6-9,11H2,1-2H3. The van der Waals surface area contributed by atoms with Gasteiger partial charge in [-0.2, -0.15) is 0 Å². The van der Waals surface area contributed by atoms with E-state index in [1.807, 2.05) is 12.1 Å². The van der Waals surface area contributed by atoms with Gasteiger partial charge >= 0.3 is 0 Å². The molecule has 0 saturated heterocycles. The first-order chi connectivity index (χ1) is 9.06. The Morgan fingerprint density at radius 3 is 2.74 bits per heavy atom. The molecule has 0 radical (unpaired) electrons. The van der Waals surface area contributed by atoms with Crippen LogP contribution in [0.4, 0.5) is 0 Å². The SMILES string of the molecule is CC(C)CN(CCC(=O)c1cccc(Cl)c1)C1CC1. The normalized spacial score (nSPS) is 15.2. The minimum absolute atomic E-state index is 0.192. The van der Waals surface area contributed by atoms with E-state index in [9.17, 15) is 4.79 Å². The molecule has 2 rings (SSSR count). The fourth-order valence-electron chi connectivity index (χ4n) is 2.38. The van der Waals surface area contributed by atoms with Crippen LogP contribution in [-0.4, -0.2) is 29.8 Å². The molecule has 3 heteroatoms. The smallest absolute Gasteiger partial charge is 0.164 e. The number of hydrogen-bond donors (Lipinski definition) is 0. The predicted octanol–water partition coefficient (Wildman–Crippen LogP) is 4.03. The van der Waals surface area contributed by atoms with Crippen molar-refractivity contribution in [3.05, 3.63) is 34.9 Å². The van der Waals surface area contributed by atoms with Crippen LogP contribution >= 0.6 is 11.6 Å². The second-order valence-electron chi connectivity index (χ2n) is 5.80. The molecule has 1 aliphatic rings. The molecule has 0 heterocycles. The Balaban J connectivity index is 1.88. The van der Waals surface area contributed by atoms with Crippen molar-refractivity contribution in [1.82, 2.24) is 4.90 Å². The molecule has 1 aromatic carbocycles. The van der Waals surface area contributed by atoms with Gasteiger partial charge in [0.25, 0.3) is 0 Å². The Morgan fingerprint density at radius 2 is 2.16 bits per heavy atom. The third kappa shape index (κ3) is 4.63. The maximum absolute atomic E-state index is 12.1. The fourth-order valence-corrected chi connectivity index (χ4v) is 2.57. The molecule has 0 N–H and O–H groups in total. The lowest BCUT2D eigenvalue weighted by Gasteiger charge is -2.23. The van der Waals surface area contributed by atoms with Gasteiger partial charge in [0.05, 0.1) is 0 Å². The van der Waals surface area contributed by atoms with Crippen molar-refractivity contribution < 1.29 is 4.79 Å². The molecular weight excluding hydrogens is 258 g/mol. The van der Waals surface area contributed by atoms with Gasteiger partial charge in [-0.1, -0.05) is 37.6 Å². The van der Waals surface area contributed by atoms with Gasteiger partial charge in [0.15, 0.2) is 5.78 Å². The lowest BCUT2D eigenvalue weighted by atomic mass is 10.1. The van der Waals surface area contributed by atoms with E-state index in [1.54, 1.807) is 12.1 Å². The van der Waals surface area contributed by atoms with E-state index in [0.717, 1.165) is 24.7 Å². The summed E-state index contributed by atoms with van der Waals surface area (Å²) < 4.78 is 0. The second-order valence-corrected chi connectivity index (χ2v) is 6.24. The van der Waals surface area contributed by atoms with Gasteiger partial charge in [-0.15, -0.1) is 0 Å². The second kappa shape index (κ2) is 6.53. The molecule has 0 atom stereocenters. The highest BCUT2D eigenvalue weighted by molar-refractivity contribution is 6.31. The van der Waals surface area contributed by atoms with Crippen molar-refractivity contribution in [2.45, 2.75) is 39.2 Å². The van der Waals surface area contributed by atoms with E-state index in [0.29, 0.717) is 17.4 Å². The molecule has 0 bridgehead atoms. The molecule has 1 aliphatic carbocycles. The zero-order chi connectivity index (χ0) is 13.8. The number of hydrogen-bond acceptors (Lipinski definition) is 2. The number of Topliss-reactive ketones (excluding diaryl/α,β-unsaturated/α-hetero) is 1. The Morgan fingerprint density at radius 1 is 1.42 bits per heavy atom. The lowest BCUT2D eigenvalue weighted by Crippen LogP contribution is -2.32. The highest BCUT2D eigenvalue weighted by Gasteiger charge is 2.29. The molecule has 0 amide bonds.